The van der Waals surface area contributed by atoms with Crippen molar-refractivity contribution in [1.29, 1.82) is 0 Å². The molecule has 1 fully saturated rings. The Morgan fingerprint density at radius 1 is 1.14 bits per heavy atom. The van der Waals surface area contributed by atoms with E-state index in [9.17, 15) is 14.7 Å². The topological polar surface area (TPSA) is 79.7 Å². The maximum absolute atomic E-state index is 12.9. The van der Waals surface area contributed by atoms with E-state index < -0.39 is 17.7 Å². The molecule has 1 aromatic heterocycles. The third kappa shape index (κ3) is 4.38. The summed E-state index contributed by atoms with van der Waals surface area (Å²) in [5.41, 5.74) is 2.48. The van der Waals surface area contributed by atoms with Gasteiger partial charge >= 0.3 is 0 Å². The number of hydrogen-bond acceptors (Lipinski definition) is 5. The van der Waals surface area contributed by atoms with Crippen molar-refractivity contribution in [2.45, 2.75) is 39.3 Å². The van der Waals surface area contributed by atoms with E-state index in [4.69, 9.17) is 4.74 Å². The number of carbonyl (C=O) groups is 2. The molecule has 1 atom stereocenters. The van der Waals surface area contributed by atoms with E-state index >= 15 is 0 Å². The number of aliphatic hydroxyl groups is 1. The number of aryl methyl sites for hydroxylation is 1. The lowest BCUT2D eigenvalue weighted by atomic mass is 9.94. The van der Waals surface area contributed by atoms with Crippen LogP contribution in [0.2, 0.25) is 0 Å². The molecule has 1 aromatic carbocycles. The van der Waals surface area contributed by atoms with Crippen LogP contribution < -0.4 is 0 Å². The van der Waals surface area contributed by atoms with Crippen molar-refractivity contribution in [2.24, 2.45) is 0 Å². The predicted molar refractivity (Wildman–Crippen MR) is 110 cm³/mol. The molecule has 1 saturated heterocycles. The van der Waals surface area contributed by atoms with E-state index in [1.807, 2.05) is 38.1 Å². The molecule has 2 heterocycles. The summed E-state index contributed by atoms with van der Waals surface area (Å²) in [6.07, 6.45) is 3.98. The van der Waals surface area contributed by atoms with Gasteiger partial charge in [-0.15, -0.1) is 0 Å². The van der Waals surface area contributed by atoms with Crippen molar-refractivity contribution in [1.82, 2.24) is 9.88 Å². The number of likely N-dealkylation sites (tertiary alicyclic amines) is 1. The minimum Gasteiger partial charge on any atom is -0.507 e. The molecule has 1 N–H and O–H groups in total. The molecule has 0 spiro atoms. The van der Waals surface area contributed by atoms with Crippen LogP contribution in [0.5, 0.6) is 0 Å². The number of ketones is 1. The number of benzene rings is 1. The van der Waals surface area contributed by atoms with Gasteiger partial charge in [-0.25, -0.2) is 0 Å². The van der Waals surface area contributed by atoms with Gasteiger partial charge in [0.15, 0.2) is 0 Å². The first-order valence-electron chi connectivity index (χ1n) is 9.83. The number of pyridine rings is 1. The van der Waals surface area contributed by atoms with Crippen LogP contribution in [-0.2, 0) is 20.7 Å². The van der Waals surface area contributed by atoms with Gasteiger partial charge in [-0.1, -0.05) is 31.2 Å². The third-order valence-electron chi connectivity index (χ3n) is 4.98. The van der Waals surface area contributed by atoms with Crippen molar-refractivity contribution < 1.29 is 19.4 Å². The molecule has 6 heteroatoms. The summed E-state index contributed by atoms with van der Waals surface area (Å²) in [6.45, 7) is 6.46. The highest BCUT2D eigenvalue weighted by Crippen LogP contribution is 2.39. The standard InChI is InChI=1S/C23H26N2O4/c1-4-16-5-7-17(8-6-16)20-19(21(26)18-9-11-24-12-10-18)22(27)23(28)25(20)13-14-29-15(2)3/h5-12,15,20,26H,4,13-14H2,1-3H3/b21-19-. The molecule has 0 bridgehead atoms. The number of Topliss-reactive ketones (excluding diaryl/α,β-unsaturated/α-hetero) is 1. The van der Waals surface area contributed by atoms with Gasteiger partial charge in [-0.05, 0) is 43.5 Å². The van der Waals surface area contributed by atoms with Gasteiger partial charge < -0.3 is 14.7 Å². The van der Waals surface area contributed by atoms with Crippen LogP contribution in [0.4, 0.5) is 0 Å². The molecular formula is C23H26N2O4. The fourth-order valence-corrected chi connectivity index (χ4v) is 3.44. The summed E-state index contributed by atoms with van der Waals surface area (Å²) in [5, 5.41) is 10.9. The lowest BCUT2D eigenvalue weighted by molar-refractivity contribution is -0.140. The Morgan fingerprint density at radius 3 is 2.38 bits per heavy atom. The number of amides is 1. The maximum atomic E-state index is 12.9. The average Bonchev–Trinajstić information content (AvgIpc) is 2.98. The normalized spacial score (nSPS) is 18.6. The van der Waals surface area contributed by atoms with E-state index in [0.717, 1.165) is 17.5 Å². The van der Waals surface area contributed by atoms with Gasteiger partial charge in [-0.2, -0.15) is 0 Å². The van der Waals surface area contributed by atoms with Crippen molar-refractivity contribution in [3.05, 3.63) is 71.1 Å². The van der Waals surface area contributed by atoms with E-state index in [0.29, 0.717) is 12.2 Å². The van der Waals surface area contributed by atoms with Crippen molar-refractivity contribution in [2.75, 3.05) is 13.2 Å². The van der Waals surface area contributed by atoms with Crippen molar-refractivity contribution >= 4 is 17.4 Å². The Morgan fingerprint density at radius 2 is 1.79 bits per heavy atom. The van der Waals surface area contributed by atoms with E-state index in [-0.39, 0.29) is 24.0 Å². The molecule has 2 aromatic rings. The summed E-state index contributed by atoms with van der Waals surface area (Å²) in [6, 6.07) is 10.3. The first kappa shape index (κ1) is 20.7. The second kappa shape index (κ2) is 9.01. The smallest absolute Gasteiger partial charge is 0.295 e. The number of carbonyl (C=O) groups excluding carboxylic acids is 2. The maximum Gasteiger partial charge on any atom is 0.295 e. The van der Waals surface area contributed by atoms with E-state index in [1.54, 1.807) is 12.1 Å². The Bertz CT molecular complexity index is 904. The lowest BCUT2D eigenvalue weighted by Crippen LogP contribution is -2.33. The molecule has 1 aliphatic heterocycles. The summed E-state index contributed by atoms with van der Waals surface area (Å²) in [7, 11) is 0. The summed E-state index contributed by atoms with van der Waals surface area (Å²) in [5.74, 6) is -1.51. The summed E-state index contributed by atoms with van der Waals surface area (Å²) >= 11 is 0. The fourth-order valence-electron chi connectivity index (χ4n) is 3.44. The zero-order valence-corrected chi connectivity index (χ0v) is 17.0. The van der Waals surface area contributed by atoms with Crippen LogP contribution >= 0.6 is 0 Å². The minimum atomic E-state index is -0.687. The van der Waals surface area contributed by atoms with Crippen molar-refractivity contribution in [3.63, 3.8) is 0 Å². The van der Waals surface area contributed by atoms with Crippen LogP contribution in [-0.4, -0.2) is 45.9 Å². The van der Waals surface area contributed by atoms with Crippen LogP contribution in [0.15, 0.2) is 54.4 Å². The highest BCUT2D eigenvalue weighted by atomic mass is 16.5. The van der Waals surface area contributed by atoms with Crippen LogP contribution in [0.3, 0.4) is 0 Å². The molecule has 6 nitrogen and oxygen atoms in total. The summed E-state index contributed by atoms with van der Waals surface area (Å²) < 4.78 is 5.60. The molecule has 0 saturated carbocycles. The zero-order valence-electron chi connectivity index (χ0n) is 17.0. The number of rotatable bonds is 7. The third-order valence-corrected chi connectivity index (χ3v) is 4.98. The monoisotopic (exact) mass is 394 g/mol. The summed E-state index contributed by atoms with van der Waals surface area (Å²) in [4.78, 5) is 31.1. The lowest BCUT2D eigenvalue weighted by Gasteiger charge is -2.25. The Kier molecular flexibility index (Phi) is 6.44. The molecular weight excluding hydrogens is 368 g/mol. The predicted octanol–water partition coefficient (Wildman–Crippen LogP) is 3.49. The van der Waals surface area contributed by atoms with Crippen molar-refractivity contribution in [3.8, 4) is 0 Å². The highest BCUT2D eigenvalue weighted by molar-refractivity contribution is 6.46. The Hall–Kier alpha value is -2.99. The molecule has 152 valence electrons. The fraction of sp³-hybridized carbons (Fsp3) is 0.348. The highest BCUT2D eigenvalue weighted by Gasteiger charge is 2.45. The number of aromatic nitrogens is 1. The van der Waals surface area contributed by atoms with Gasteiger partial charge in [0.25, 0.3) is 11.7 Å². The SMILES string of the molecule is CCc1ccc(C2/C(=C(/O)c3ccncc3)C(=O)C(=O)N2CCOC(C)C)cc1. The van der Waals surface area contributed by atoms with E-state index in [2.05, 4.69) is 11.9 Å². The van der Waals surface area contributed by atoms with Gasteiger partial charge in [0.1, 0.15) is 5.76 Å². The Balaban J connectivity index is 2.06. The second-order valence-corrected chi connectivity index (χ2v) is 7.24. The molecule has 29 heavy (non-hydrogen) atoms. The second-order valence-electron chi connectivity index (χ2n) is 7.24. The van der Waals surface area contributed by atoms with Crippen LogP contribution in [0, 0.1) is 0 Å². The van der Waals surface area contributed by atoms with Crippen LogP contribution in [0.25, 0.3) is 5.76 Å². The first-order chi connectivity index (χ1) is 13.9. The zero-order chi connectivity index (χ0) is 21.0. The Labute approximate surface area is 170 Å². The minimum absolute atomic E-state index is 0.0194. The number of aliphatic hydroxyl groups excluding tert-OH is 1. The average molecular weight is 394 g/mol. The van der Waals surface area contributed by atoms with Crippen LogP contribution in [0.1, 0.15) is 43.5 Å². The van der Waals surface area contributed by atoms with Gasteiger partial charge in [0.2, 0.25) is 0 Å². The molecule has 0 aliphatic carbocycles. The van der Waals surface area contributed by atoms with Gasteiger partial charge in [-0.3, -0.25) is 14.6 Å². The van der Waals surface area contributed by atoms with Gasteiger partial charge in [0, 0.05) is 24.5 Å². The molecule has 3 rings (SSSR count). The van der Waals surface area contributed by atoms with E-state index in [1.165, 1.54) is 17.3 Å². The van der Waals surface area contributed by atoms with Gasteiger partial charge in [0.05, 0.1) is 24.3 Å². The molecule has 1 unspecified atom stereocenters. The molecule has 1 amide bonds. The quantitative estimate of drug-likeness (QED) is 0.442. The number of hydrogen-bond donors (Lipinski definition) is 1. The number of ether oxygens (including phenoxy) is 1. The number of nitrogens with zero attached hydrogens (tertiary/aromatic N) is 2. The largest absolute Gasteiger partial charge is 0.507 e. The molecule has 1 aliphatic rings. The first-order valence-corrected chi connectivity index (χ1v) is 9.83. The molecule has 0 radical (unpaired) electrons.